The lowest BCUT2D eigenvalue weighted by atomic mass is 9.87. The van der Waals surface area contributed by atoms with Crippen LogP contribution in [0.2, 0.25) is 0 Å². The highest BCUT2D eigenvalue weighted by atomic mass is 32.2. The van der Waals surface area contributed by atoms with Crippen molar-refractivity contribution in [3.8, 4) is 16.9 Å². The molecule has 40 heavy (non-hydrogen) atoms. The third kappa shape index (κ3) is 3.84. The number of nitrogens with one attached hydrogen (secondary N) is 1. The Kier molecular flexibility index (Phi) is 5.45. The van der Waals surface area contributed by atoms with Gasteiger partial charge >= 0.3 is 0 Å². The zero-order valence-corrected chi connectivity index (χ0v) is 22.2. The van der Waals surface area contributed by atoms with Crippen molar-refractivity contribution in [2.24, 2.45) is 0 Å². The number of sulfone groups is 1. The fourth-order valence-corrected chi connectivity index (χ4v) is 7.18. The van der Waals surface area contributed by atoms with E-state index in [9.17, 15) is 13.2 Å². The van der Waals surface area contributed by atoms with Crippen LogP contribution >= 0.6 is 0 Å². The van der Waals surface area contributed by atoms with Gasteiger partial charge in [0.05, 0.1) is 18.1 Å². The summed E-state index contributed by atoms with van der Waals surface area (Å²) in [5.74, 6) is 0.453. The van der Waals surface area contributed by atoms with Crippen LogP contribution in [0.1, 0.15) is 47.9 Å². The number of nitrogens with zero attached hydrogens (tertiary/aromatic N) is 9. The molecular weight excluding hydrogens is 534 g/mol. The number of aromatic nitrogens is 9. The average molecular weight is 560 g/mol. The van der Waals surface area contributed by atoms with Gasteiger partial charge in [0.25, 0.3) is 5.91 Å². The Hall–Kier alpha value is -4.66. The van der Waals surface area contributed by atoms with Gasteiger partial charge in [0.15, 0.2) is 21.3 Å². The summed E-state index contributed by atoms with van der Waals surface area (Å²) in [6, 6.07) is 5.39. The molecule has 14 nitrogen and oxygen atoms in total. The van der Waals surface area contributed by atoms with Crippen LogP contribution in [0, 0.1) is 0 Å². The number of amides is 1. The predicted molar refractivity (Wildman–Crippen MR) is 142 cm³/mol. The largest absolute Gasteiger partial charge is 0.382 e. The Labute approximate surface area is 228 Å². The maximum Gasteiger partial charge on any atom is 0.292 e. The highest BCUT2D eigenvalue weighted by Crippen LogP contribution is 2.45. The molecule has 2 aliphatic rings. The number of H-pyrrole nitrogens is 1. The molecular formula is C25H25N11O3S. The fraction of sp³-hybridized carbons (Fsp3) is 0.320. The number of anilines is 1. The van der Waals surface area contributed by atoms with Crippen LogP contribution < -0.4 is 5.73 Å². The number of carbonyl (C=O) groups excluding carboxylic acids is 1. The average Bonchev–Trinajstić information content (AvgIpc) is 3.74. The number of nitrogens with two attached hydrogens (primary N) is 1. The van der Waals surface area contributed by atoms with Crippen LogP contribution in [-0.4, -0.2) is 82.1 Å². The minimum Gasteiger partial charge on any atom is -0.382 e. The van der Waals surface area contributed by atoms with E-state index in [4.69, 9.17) is 10.7 Å². The van der Waals surface area contributed by atoms with E-state index in [1.165, 1.54) is 10.8 Å². The Bertz CT molecular complexity index is 1830. The molecule has 0 radical (unpaired) electrons. The van der Waals surface area contributed by atoms with E-state index in [-0.39, 0.29) is 40.4 Å². The molecule has 7 heterocycles. The van der Waals surface area contributed by atoms with Gasteiger partial charge in [0.1, 0.15) is 17.0 Å². The van der Waals surface area contributed by atoms with Crippen molar-refractivity contribution in [2.45, 2.75) is 48.6 Å². The summed E-state index contributed by atoms with van der Waals surface area (Å²) < 4.78 is 29.1. The van der Waals surface area contributed by atoms with Crippen LogP contribution in [0.5, 0.6) is 0 Å². The van der Waals surface area contributed by atoms with Gasteiger partial charge in [0.2, 0.25) is 5.82 Å². The monoisotopic (exact) mass is 559 g/mol. The fourth-order valence-electron chi connectivity index (χ4n) is 6.12. The number of rotatable bonds is 5. The van der Waals surface area contributed by atoms with Gasteiger partial charge in [-0.1, -0.05) is 6.07 Å². The van der Waals surface area contributed by atoms with E-state index in [0.717, 1.165) is 24.7 Å². The summed E-state index contributed by atoms with van der Waals surface area (Å²) in [4.78, 5) is 27.0. The number of hydrogen-bond donors (Lipinski definition) is 2. The minimum absolute atomic E-state index is 0.0124. The predicted octanol–water partition coefficient (Wildman–Crippen LogP) is 1.63. The second kappa shape index (κ2) is 8.94. The van der Waals surface area contributed by atoms with Crippen molar-refractivity contribution in [1.82, 2.24) is 49.4 Å². The second-order valence-electron chi connectivity index (χ2n) is 10.2. The van der Waals surface area contributed by atoms with E-state index in [2.05, 4.69) is 30.4 Å². The number of piperidine rings is 1. The van der Waals surface area contributed by atoms with Gasteiger partial charge in [0, 0.05) is 47.8 Å². The molecule has 0 aromatic carbocycles. The van der Waals surface area contributed by atoms with Gasteiger partial charge in [-0.25, -0.2) is 23.1 Å². The molecule has 1 amide bonds. The molecule has 0 saturated carbocycles. The SMILES string of the molecule is CS(=O)(=O)c1c([C@H]2C[C@H]3CC[C@@H](C2)N3C(=O)c2nnc[nH]2)nc2c(-c3cnn(-c4ccccn4)c3)cnn2c1N. The molecule has 3 N–H and O–H groups in total. The smallest absolute Gasteiger partial charge is 0.292 e. The molecule has 7 rings (SSSR count). The molecule has 5 aromatic heterocycles. The van der Waals surface area contributed by atoms with E-state index >= 15 is 0 Å². The first-order chi connectivity index (χ1) is 19.3. The van der Waals surface area contributed by atoms with Crippen molar-refractivity contribution in [1.29, 1.82) is 0 Å². The molecule has 2 saturated heterocycles. The van der Waals surface area contributed by atoms with Crippen LogP contribution in [0.25, 0.3) is 22.6 Å². The molecule has 2 aliphatic heterocycles. The summed E-state index contributed by atoms with van der Waals surface area (Å²) in [6.45, 7) is 0. The van der Waals surface area contributed by atoms with Gasteiger partial charge in [-0.05, 0) is 37.8 Å². The van der Waals surface area contributed by atoms with Crippen molar-refractivity contribution in [3.05, 3.63) is 60.8 Å². The van der Waals surface area contributed by atoms with Crippen molar-refractivity contribution < 1.29 is 13.2 Å². The molecule has 204 valence electrons. The molecule has 2 fully saturated rings. The van der Waals surface area contributed by atoms with E-state index in [1.807, 2.05) is 29.3 Å². The number of aromatic amines is 1. The molecule has 0 aliphatic carbocycles. The summed E-state index contributed by atoms with van der Waals surface area (Å²) >= 11 is 0. The number of pyridine rings is 1. The third-order valence-corrected chi connectivity index (χ3v) is 8.95. The Morgan fingerprint density at radius 2 is 1.93 bits per heavy atom. The highest BCUT2D eigenvalue weighted by molar-refractivity contribution is 7.91. The Morgan fingerprint density at radius 3 is 2.60 bits per heavy atom. The number of fused-ring (bicyclic) bond motifs is 3. The summed E-state index contributed by atoms with van der Waals surface area (Å²) in [5, 5.41) is 16.4. The summed E-state index contributed by atoms with van der Waals surface area (Å²) in [7, 11) is -3.75. The Morgan fingerprint density at radius 1 is 1.12 bits per heavy atom. The molecule has 5 aromatic rings. The second-order valence-corrected chi connectivity index (χ2v) is 12.2. The Balaban J connectivity index is 1.30. The number of carbonyl (C=O) groups is 1. The lowest BCUT2D eigenvalue weighted by Gasteiger charge is -2.38. The van der Waals surface area contributed by atoms with Crippen molar-refractivity contribution in [3.63, 3.8) is 0 Å². The van der Waals surface area contributed by atoms with Gasteiger partial charge in [-0.2, -0.15) is 14.7 Å². The first kappa shape index (κ1) is 24.4. The summed E-state index contributed by atoms with van der Waals surface area (Å²) in [5.41, 5.74) is 8.74. The first-order valence-electron chi connectivity index (χ1n) is 12.8. The van der Waals surface area contributed by atoms with Crippen LogP contribution in [0.4, 0.5) is 5.82 Å². The van der Waals surface area contributed by atoms with E-state index in [0.29, 0.717) is 35.6 Å². The number of hydrogen-bond acceptors (Lipinski definition) is 10. The topological polar surface area (TPSA) is 183 Å². The van der Waals surface area contributed by atoms with Gasteiger partial charge < -0.3 is 15.6 Å². The summed E-state index contributed by atoms with van der Waals surface area (Å²) in [6.07, 6.45) is 12.1. The lowest BCUT2D eigenvalue weighted by Crippen LogP contribution is -2.46. The maximum atomic E-state index is 13.1. The maximum absolute atomic E-state index is 13.1. The standard InChI is InChI=1S/C25H25N11O3S/c1-40(38,39)21-20(14-8-16-5-6-17(9-14)35(16)25(37)23-28-13-29-33-23)32-24-18(11-31-36(24)22(21)26)15-10-30-34(12-15)19-4-2-3-7-27-19/h2-4,7,10-14,16-17H,5-6,8-9,26H2,1H3,(H,28,29,33)/t14-,16+,17-. The van der Waals surface area contributed by atoms with Gasteiger partial charge in [-0.3, -0.25) is 4.79 Å². The molecule has 15 heteroatoms. The van der Waals surface area contributed by atoms with Gasteiger partial charge in [-0.15, -0.1) is 10.2 Å². The third-order valence-electron chi connectivity index (χ3n) is 7.79. The van der Waals surface area contributed by atoms with E-state index in [1.54, 1.807) is 23.3 Å². The quantitative estimate of drug-likeness (QED) is 0.321. The number of nitrogen functional groups attached to an aromatic ring is 1. The zero-order valence-electron chi connectivity index (χ0n) is 21.4. The molecule has 0 unspecified atom stereocenters. The zero-order chi connectivity index (χ0) is 27.6. The normalized spacial score (nSPS) is 20.8. The highest BCUT2D eigenvalue weighted by Gasteiger charge is 2.46. The molecule has 3 atom stereocenters. The molecule has 0 spiro atoms. The van der Waals surface area contributed by atoms with Crippen LogP contribution in [0.15, 0.2) is 54.2 Å². The molecule has 2 bridgehead atoms. The van der Waals surface area contributed by atoms with Crippen LogP contribution in [-0.2, 0) is 9.84 Å². The van der Waals surface area contributed by atoms with Crippen molar-refractivity contribution >= 4 is 27.2 Å². The van der Waals surface area contributed by atoms with Crippen LogP contribution in [0.3, 0.4) is 0 Å². The van der Waals surface area contributed by atoms with Crippen molar-refractivity contribution in [2.75, 3.05) is 12.0 Å². The minimum atomic E-state index is -3.75. The van der Waals surface area contributed by atoms with E-state index < -0.39 is 9.84 Å². The first-order valence-corrected chi connectivity index (χ1v) is 14.7. The lowest BCUT2D eigenvalue weighted by molar-refractivity contribution is 0.0556.